The number of nitrogens with one attached hydrogen (secondary N) is 1. The lowest BCUT2D eigenvalue weighted by Gasteiger charge is -2.30. The van der Waals surface area contributed by atoms with E-state index in [2.05, 4.69) is 5.32 Å². The molecular weight excluding hydrogens is 340 g/mol. The highest BCUT2D eigenvalue weighted by Crippen LogP contribution is 2.23. The van der Waals surface area contributed by atoms with Gasteiger partial charge in [0.25, 0.3) is 0 Å². The van der Waals surface area contributed by atoms with Crippen molar-refractivity contribution in [1.82, 2.24) is 9.62 Å². The molecule has 1 aliphatic heterocycles. The van der Waals surface area contributed by atoms with Crippen LogP contribution in [0.15, 0.2) is 35.2 Å². The SMILES string of the molecule is CC(C)OCCCNC(=O)C1CCN(S(=O)(=O)c2ccccc2)CC1. The van der Waals surface area contributed by atoms with E-state index >= 15 is 0 Å². The Kier molecular flexibility index (Phi) is 7.40. The molecule has 1 amide bonds. The van der Waals surface area contributed by atoms with Crippen molar-refractivity contribution < 1.29 is 17.9 Å². The van der Waals surface area contributed by atoms with Crippen molar-refractivity contribution in [1.29, 1.82) is 0 Å². The Morgan fingerprint density at radius 1 is 1.24 bits per heavy atom. The Labute approximate surface area is 150 Å². The molecular formula is C18H28N2O4S. The maximum absolute atomic E-state index is 12.6. The minimum absolute atomic E-state index is 0.0151. The Balaban J connectivity index is 1.76. The maximum atomic E-state index is 12.6. The summed E-state index contributed by atoms with van der Waals surface area (Å²) in [4.78, 5) is 12.5. The van der Waals surface area contributed by atoms with Gasteiger partial charge in [0.15, 0.2) is 0 Å². The zero-order valence-corrected chi connectivity index (χ0v) is 15.8. The van der Waals surface area contributed by atoms with Crippen LogP contribution in [-0.2, 0) is 19.6 Å². The summed E-state index contributed by atoms with van der Waals surface area (Å²) in [5.41, 5.74) is 0. The molecule has 7 heteroatoms. The monoisotopic (exact) mass is 368 g/mol. The molecule has 0 radical (unpaired) electrons. The fourth-order valence-electron chi connectivity index (χ4n) is 2.85. The molecule has 0 aliphatic carbocycles. The number of rotatable bonds is 8. The van der Waals surface area contributed by atoms with E-state index in [1.807, 2.05) is 13.8 Å². The van der Waals surface area contributed by atoms with E-state index in [0.717, 1.165) is 6.42 Å². The number of hydrogen-bond acceptors (Lipinski definition) is 4. The molecule has 0 bridgehead atoms. The van der Waals surface area contributed by atoms with Crippen LogP contribution in [0.1, 0.15) is 33.1 Å². The smallest absolute Gasteiger partial charge is 0.243 e. The highest BCUT2D eigenvalue weighted by Gasteiger charge is 2.31. The maximum Gasteiger partial charge on any atom is 0.243 e. The van der Waals surface area contributed by atoms with Crippen LogP contribution in [0.3, 0.4) is 0 Å². The standard InChI is InChI=1S/C18H28N2O4S/c1-15(2)24-14-6-11-19-18(21)16-9-12-20(13-10-16)25(22,23)17-7-4-3-5-8-17/h3-5,7-8,15-16H,6,9-14H2,1-2H3,(H,19,21). The van der Waals surface area contributed by atoms with E-state index in [9.17, 15) is 13.2 Å². The normalized spacial score (nSPS) is 16.9. The van der Waals surface area contributed by atoms with Crippen molar-refractivity contribution >= 4 is 15.9 Å². The number of nitrogens with zero attached hydrogens (tertiary/aromatic N) is 1. The van der Waals surface area contributed by atoms with E-state index in [1.165, 1.54) is 4.31 Å². The Hall–Kier alpha value is -1.44. The molecule has 2 rings (SSSR count). The zero-order valence-electron chi connectivity index (χ0n) is 15.0. The molecule has 0 atom stereocenters. The summed E-state index contributed by atoms with van der Waals surface area (Å²) in [6, 6.07) is 8.44. The van der Waals surface area contributed by atoms with Gasteiger partial charge in [-0.15, -0.1) is 0 Å². The van der Waals surface area contributed by atoms with Gasteiger partial charge in [-0.25, -0.2) is 8.42 Å². The van der Waals surface area contributed by atoms with Crippen LogP contribution in [0.25, 0.3) is 0 Å². The molecule has 0 aromatic heterocycles. The molecule has 6 nitrogen and oxygen atoms in total. The largest absolute Gasteiger partial charge is 0.379 e. The first kappa shape index (κ1) is 19.9. The fraction of sp³-hybridized carbons (Fsp3) is 0.611. The molecule has 1 aromatic rings. The van der Waals surface area contributed by atoms with Gasteiger partial charge < -0.3 is 10.1 Å². The minimum Gasteiger partial charge on any atom is -0.379 e. The summed E-state index contributed by atoms with van der Waals surface area (Å²) >= 11 is 0. The number of hydrogen-bond donors (Lipinski definition) is 1. The van der Waals surface area contributed by atoms with Crippen molar-refractivity contribution in [2.45, 2.75) is 44.1 Å². The predicted octanol–water partition coefficient (Wildman–Crippen LogP) is 2.02. The number of piperidine rings is 1. The Bertz CT molecular complexity index is 638. The average molecular weight is 368 g/mol. The molecule has 140 valence electrons. The molecule has 1 aromatic carbocycles. The third-order valence-electron chi connectivity index (χ3n) is 4.28. The van der Waals surface area contributed by atoms with Crippen LogP contribution >= 0.6 is 0 Å². The third-order valence-corrected chi connectivity index (χ3v) is 6.19. The topological polar surface area (TPSA) is 75.7 Å². The molecule has 0 unspecified atom stereocenters. The first-order chi connectivity index (χ1) is 11.9. The van der Waals surface area contributed by atoms with Crippen molar-refractivity contribution in [3.05, 3.63) is 30.3 Å². The van der Waals surface area contributed by atoms with Gasteiger partial charge in [-0.1, -0.05) is 18.2 Å². The van der Waals surface area contributed by atoms with Crippen LogP contribution < -0.4 is 5.32 Å². The van der Waals surface area contributed by atoms with Crippen LogP contribution in [0.4, 0.5) is 0 Å². The summed E-state index contributed by atoms with van der Waals surface area (Å²) < 4.78 is 32.1. The molecule has 1 saturated heterocycles. The summed E-state index contributed by atoms with van der Waals surface area (Å²) in [6.45, 7) is 5.95. The van der Waals surface area contributed by atoms with E-state index in [4.69, 9.17) is 4.74 Å². The van der Waals surface area contributed by atoms with E-state index in [1.54, 1.807) is 30.3 Å². The number of benzene rings is 1. The van der Waals surface area contributed by atoms with Gasteiger partial charge in [0.2, 0.25) is 15.9 Å². The number of carbonyl (C=O) groups excluding carboxylic acids is 1. The van der Waals surface area contributed by atoms with E-state index < -0.39 is 10.0 Å². The van der Waals surface area contributed by atoms with Gasteiger partial charge in [-0.2, -0.15) is 4.31 Å². The second-order valence-corrected chi connectivity index (χ2v) is 8.49. The number of sulfonamides is 1. The molecule has 0 saturated carbocycles. The van der Waals surface area contributed by atoms with Crippen molar-refractivity contribution in [2.24, 2.45) is 5.92 Å². The summed E-state index contributed by atoms with van der Waals surface area (Å²) in [6.07, 6.45) is 2.10. The molecule has 25 heavy (non-hydrogen) atoms. The quantitative estimate of drug-likeness (QED) is 0.712. The van der Waals surface area contributed by atoms with Gasteiger partial charge in [-0.05, 0) is 45.2 Å². The van der Waals surface area contributed by atoms with Gasteiger partial charge >= 0.3 is 0 Å². The lowest BCUT2D eigenvalue weighted by atomic mass is 9.97. The van der Waals surface area contributed by atoms with Gasteiger partial charge in [0, 0.05) is 32.2 Å². The Morgan fingerprint density at radius 2 is 1.88 bits per heavy atom. The number of ether oxygens (including phenoxy) is 1. The van der Waals surface area contributed by atoms with Crippen molar-refractivity contribution in [2.75, 3.05) is 26.2 Å². The zero-order chi connectivity index (χ0) is 18.3. The minimum atomic E-state index is -3.46. The van der Waals surface area contributed by atoms with Crippen LogP contribution in [0, 0.1) is 5.92 Å². The number of carbonyl (C=O) groups is 1. The molecule has 0 spiro atoms. The highest BCUT2D eigenvalue weighted by atomic mass is 32.2. The Morgan fingerprint density at radius 3 is 2.48 bits per heavy atom. The van der Waals surface area contributed by atoms with Gasteiger partial charge in [0.1, 0.15) is 0 Å². The van der Waals surface area contributed by atoms with Crippen LogP contribution in [0.5, 0.6) is 0 Å². The third kappa shape index (κ3) is 5.80. The molecule has 1 aliphatic rings. The summed E-state index contributed by atoms with van der Waals surface area (Å²) in [7, 11) is -3.46. The van der Waals surface area contributed by atoms with Gasteiger partial charge in [0.05, 0.1) is 11.0 Å². The fourth-order valence-corrected chi connectivity index (χ4v) is 4.34. The van der Waals surface area contributed by atoms with Gasteiger partial charge in [-0.3, -0.25) is 4.79 Å². The van der Waals surface area contributed by atoms with E-state index in [0.29, 0.717) is 44.0 Å². The van der Waals surface area contributed by atoms with Crippen LogP contribution in [0.2, 0.25) is 0 Å². The molecule has 1 N–H and O–H groups in total. The second-order valence-electron chi connectivity index (χ2n) is 6.56. The highest BCUT2D eigenvalue weighted by molar-refractivity contribution is 7.89. The first-order valence-corrected chi connectivity index (χ1v) is 10.3. The predicted molar refractivity (Wildman–Crippen MR) is 96.6 cm³/mol. The lowest BCUT2D eigenvalue weighted by molar-refractivity contribution is -0.126. The average Bonchev–Trinajstić information content (AvgIpc) is 2.62. The van der Waals surface area contributed by atoms with Crippen molar-refractivity contribution in [3.63, 3.8) is 0 Å². The summed E-state index contributed by atoms with van der Waals surface area (Å²) in [5, 5.41) is 2.92. The second kappa shape index (κ2) is 9.31. The number of amides is 1. The first-order valence-electron chi connectivity index (χ1n) is 8.86. The van der Waals surface area contributed by atoms with Crippen molar-refractivity contribution in [3.8, 4) is 0 Å². The van der Waals surface area contributed by atoms with Crippen LogP contribution in [-0.4, -0.2) is 51.0 Å². The van der Waals surface area contributed by atoms with E-state index in [-0.39, 0.29) is 17.9 Å². The summed E-state index contributed by atoms with van der Waals surface area (Å²) in [5.74, 6) is -0.102. The molecule has 1 fully saturated rings. The molecule has 1 heterocycles. The lowest BCUT2D eigenvalue weighted by Crippen LogP contribution is -2.43.